The van der Waals surface area contributed by atoms with Gasteiger partial charge in [-0.2, -0.15) is 0 Å². The first-order valence-corrected chi connectivity index (χ1v) is 4.32. The molecule has 1 aromatic rings. The Morgan fingerprint density at radius 1 is 1.54 bits per heavy atom. The summed E-state index contributed by atoms with van der Waals surface area (Å²) < 4.78 is 18.5. The van der Waals surface area contributed by atoms with Gasteiger partial charge in [-0.25, -0.2) is 10.3 Å². The second-order valence-electron chi connectivity index (χ2n) is 2.39. The van der Waals surface area contributed by atoms with E-state index in [1.807, 2.05) is 0 Å². The summed E-state index contributed by atoms with van der Waals surface area (Å²) in [5.74, 6) is 5.06. The first kappa shape index (κ1) is 10.4. The maximum Gasteiger partial charge on any atom is 0.138 e. The molecule has 0 heterocycles. The molecule has 0 aliphatic heterocycles. The molecule has 1 aromatic carbocycles. The lowest BCUT2D eigenvalue weighted by atomic mass is 10.2. The van der Waals surface area contributed by atoms with Crippen LogP contribution in [0, 0.1) is 5.82 Å². The zero-order valence-corrected chi connectivity index (χ0v) is 8.60. The molecule has 1 rings (SSSR count). The van der Waals surface area contributed by atoms with Crippen molar-refractivity contribution in [3.63, 3.8) is 0 Å². The summed E-state index contributed by atoms with van der Waals surface area (Å²) in [6, 6.07) is 2.63. The summed E-state index contributed by atoms with van der Waals surface area (Å²) in [4.78, 5) is 4.41. The molecule has 0 unspecified atom stereocenters. The highest BCUT2D eigenvalue weighted by atomic mass is 79.9. The highest BCUT2D eigenvalue weighted by Crippen LogP contribution is 2.30. The average molecular weight is 250 g/mol. The van der Waals surface area contributed by atoms with Crippen molar-refractivity contribution < 1.29 is 14.0 Å². The minimum absolute atomic E-state index is 0.111. The van der Waals surface area contributed by atoms with Crippen molar-refractivity contribution in [2.75, 3.05) is 7.11 Å². The van der Waals surface area contributed by atoms with Crippen molar-refractivity contribution in [3.8, 4) is 5.75 Å². The van der Waals surface area contributed by atoms with Gasteiger partial charge >= 0.3 is 0 Å². The molecule has 0 spiro atoms. The van der Waals surface area contributed by atoms with Gasteiger partial charge in [0.1, 0.15) is 11.6 Å². The van der Waals surface area contributed by atoms with E-state index in [2.05, 4.69) is 20.8 Å². The largest absolute Gasteiger partial charge is 0.495 e. The fourth-order valence-electron chi connectivity index (χ4n) is 1.04. The van der Waals surface area contributed by atoms with Crippen LogP contribution in [-0.4, -0.2) is 7.11 Å². The molecule has 72 valence electrons. The number of hydrogen-bond acceptors (Lipinski definition) is 3. The van der Waals surface area contributed by atoms with E-state index in [-0.39, 0.29) is 12.4 Å². The maximum atomic E-state index is 12.9. The van der Waals surface area contributed by atoms with Crippen molar-refractivity contribution in [2.45, 2.75) is 6.61 Å². The average Bonchev–Trinajstić information content (AvgIpc) is 2.04. The van der Waals surface area contributed by atoms with Crippen molar-refractivity contribution in [1.82, 2.24) is 0 Å². The number of rotatable bonds is 3. The van der Waals surface area contributed by atoms with Crippen LogP contribution in [0.1, 0.15) is 5.56 Å². The van der Waals surface area contributed by atoms with Crippen LogP contribution < -0.4 is 10.6 Å². The molecular formula is C8H9BrFNO2. The third-order valence-electron chi connectivity index (χ3n) is 1.53. The predicted molar refractivity (Wildman–Crippen MR) is 49.6 cm³/mol. The van der Waals surface area contributed by atoms with Gasteiger partial charge in [0, 0.05) is 5.56 Å². The monoisotopic (exact) mass is 249 g/mol. The molecule has 0 atom stereocenters. The van der Waals surface area contributed by atoms with E-state index in [1.165, 1.54) is 19.2 Å². The fourth-order valence-corrected chi connectivity index (χ4v) is 1.67. The predicted octanol–water partition coefficient (Wildman–Crippen LogP) is 1.99. The minimum Gasteiger partial charge on any atom is -0.495 e. The Hall–Kier alpha value is -0.650. The van der Waals surface area contributed by atoms with E-state index < -0.39 is 0 Å². The SMILES string of the molecule is COc1c(Br)cc(F)cc1CON. The molecule has 13 heavy (non-hydrogen) atoms. The quantitative estimate of drug-likeness (QED) is 0.834. The van der Waals surface area contributed by atoms with Crippen LogP contribution in [0.15, 0.2) is 16.6 Å². The molecule has 0 bridgehead atoms. The highest BCUT2D eigenvalue weighted by Gasteiger charge is 2.09. The molecule has 2 N–H and O–H groups in total. The van der Waals surface area contributed by atoms with Gasteiger partial charge in [0.05, 0.1) is 18.2 Å². The topological polar surface area (TPSA) is 44.5 Å². The van der Waals surface area contributed by atoms with Crippen molar-refractivity contribution in [3.05, 3.63) is 28.0 Å². The third kappa shape index (κ3) is 2.40. The molecule has 0 aromatic heterocycles. The smallest absolute Gasteiger partial charge is 0.138 e. The van der Waals surface area contributed by atoms with Crippen LogP contribution in [0.4, 0.5) is 4.39 Å². The number of methoxy groups -OCH3 is 1. The van der Waals surface area contributed by atoms with Gasteiger partial charge in [0.15, 0.2) is 0 Å². The molecular weight excluding hydrogens is 241 g/mol. The maximum absolute atomic E-state index is 12.9. The van der Waals surface area contributed by atoms with Gasteiger partial charge in [0.25, 0.3) is 0 Å². The van der Waals surface area contributed by atoms with Gasteiger partial charge < -0.3 is 4.74 Å². The van der Waals surface area contributed by atoms with Crippen LogP contribution in [0.2, 0.25) is 0 Å². The normalized spacial score (nSPS) is 10.2. The van der Waals surface area contributed by atoms with E-state index in [1.54, 1.807) is 0 Å². The zero-order valence-electron chi connectivity index (χ0n) is 7.01. The van der Waals surface area contributed by atoms with E-state index in [4.69, 9.17) is 10.6 Å². The summed E-state index contributed by atoms with van der Waals surface area (Å²) in [5.41, 5.74) is 0.567. The van der Waals surface area contributed by atoms with Crippen LogP contribution in [0.25, 0.3) is 0 Å². The van der Waals surface area contributed by atoms with Gasteiger partial charge in [-0.05, 0) is 28.1 Å². The molecule has 0 amide bonds. The second-order valence-corrected chi connectivity index (χ2v) is 3.25. The Morgan fingerprint density at radius 2 is 2.23 bits per heavy atom. The summed E-state index contributed by atoms with van der Waals surface area (Å²) >= 11 is 3.17. The zero-order chi connectivity index (χ0) is 9.84. The molecule has 0 saturated carbocycles. The Morgan fingerprint density at radius 3 is 2.77 bits per heavy atom. The van der Waals surface area contributed by atoms with Crippen molar-refractivity contribution in [1.29, 1.82) is 0 Å². The van der Waals surface area contributed by atoms with Gasteiger partial charge in [-0.1, -0.05) is 0 Å². The molecule has 3 nitrogen and oxygen atoms in total. The molecule has 0 radical (unpaired) electrons. The lowest BCUT2D eigenvalue weighted by molar-refractivity contribution is 0.121. The van der Waals surface area contributed by atoms with Crippen LogP contribution >= 0.6 is 15.9 Å². The summed E-state index contributed by atoms with van der Waals surface area (Å²) in [5, 5.41) is 0. The van der Waals surface area contributed by atoms with Crippen molar-refractivity contribution in [2.24, 2.45) is 5.90 Å². The second kappa shape index (κ2) is 4.55. The number of benzene rings is 1. The van der Waals surface area contributed by atoms with E-state index in [9.17, 15) is 4.39 Å². The van der Waals surface area contributed by atoms with Gasteiger partial charge in [-0.3, -0.25) is 4.84 Å². The summed E-state index contributed by atoms with van der Waals surface area (Å²) in [6.45, 7) is 0.111. The Labute approximate surface area is 83.7 Å². The summed E-state index contributed by atoms with van der Waals surface area (Å²) in [6.07, 6.45) is 0. The number of halogens is 2. The Balaban J connectivity index is 3.13. The number of ether oxygens (including phenoxy) is 1. The van der Waals surface area contributed by atoms with Crippen LogP contribution in [0.3, 0.4) is 0 Å². The Bertz CT molecular complexity index is 306. The summed E-state index contributed by atoms with van der Waals surface area (Å²) in [7, 11) is 1.50. The van der Waals surface area contributed by atoms with Crippen molar-refractivity contribution >= 4 is 15.9 Å². The molecule has 0 saturated heterocycles. The van der Waals surface area contributed by atoms with E-state index in [0.717, 1.165) is 0 Å². The van der Waals surface area contributed by atoms with Crippen LogP contribution in [0.5, 0.6) is 5.75 Å². The van der Waals surface area contributed by atoms with Gasteiger partial charge in [0.2, 0.25) is 0 Å². The van der Waals surface area contributed by atoms with E-state index >= 15 is 0 Å². The Kier molecular flexibility index (Phi) is 3.65. The fraction of sp³-hybridized carbons (Fsp3) is 0.250. The minimum atomic E-state index is -0.361. The molecule has 0 aliphatic rings. The molecule has 0 fully saturated rings. The number of nitrogens with two attached hydrogens (primary N) is 1. The lowest BCUT2D eigenvalue weighted by Gasteiger charge is -2.09. The standard InChI is InChI=1S/C8H9BrFNO2/c1-12-8-5(4-13-11)2-6(10)3-7(8)9/h2-3H,4,11H2,1H3. The first-order valence-electron chi connectivity index (χ1n) is 3.52. The molecule has 0 aliphatic carbocycles. The number of hydrogen-bond donors (Lipinski definition) is 1. The molecule has 5 heteroatoms. The van der Waals surface area contributed by atoms with Crippen LogP contribution in [-0.2, 0) is 11.4 Å². The van der Waals surface area contributed by atoms with Gasteiger partial charge in [-0.15, -0.1) is 0 Å². The third-order valence-corrected chi connectivity index (χ3v) is 2.12. The van der Waals surface area contributed by atoms with E-state index in [0.29, 0.717) is 15.8 Å². The lowest BCUT2D eigenvalue weighted by Crippen LogP contribution is -2.02. The first-order chi connectivity index (χ1) is 6.19. The highest BCUT2D eigenvalue weighted by molar-refractivity contribution is 9.10.